The summed E-state index contributed by atoms with van der Waals surface area (Å²) < 4.78 is 5.58. The van der Waals surface area contributed by atoms with Gasteiger partial charge < -0.3 is 9.64 Å². The first-order valence-electron chi connectivity index (χ1n) is 11.0. The van der Waals surface area contributed by atoms with Crippen LogP contribution in [0.25, 0.3) is 11.1 Å². The van der Waals surface area contributed by atoms with Crippen molar-refractivity contribution < 1.29 is 9.53 Å². The number of hydrogen-bond acceptors (Lipinski definition) is 7. The Kier molecular flexibility index (Phi) is 4.20. The van der Waals surface area contributed by atoms with Crippen LogP contribution in [-0.2, 0) is 14.9 Å². The summed E-state index contributed by atoms with van der Waals surface area (Å²) in [5.41, 5.74) is 2.31. The zero-order valence-electron chi connectivity index (χ0n) is 18.8. The van der Waals surface area contributed by atoms with E-state index in [1.807, 2.05) is 39.0 Å². The van der Waals surface area contributed by atoms with Crippen LogP contribution in [0.1, 0.15) is 31.7 Å². The number of hydrogen-bond donors (Lipinski definition) is 0. The molecule has 8 nitrogen and oxygen atoms in total. The van der Waals surface area contributed by atoms with Crippen molar-refractivity contribution >= 4 is 31.1 Å². The number of anilines is 3. The fourth-order valence-electron chi connectivity index (χ4n) is 5.17. The Hall–Kier alpha value is -3.33. The van der Waals surface area contributed by atoms with Gasteiger partial charge in [-0.2, -0.15) is 0 Å². The minimum Gasteiger partial charge on any atom is -0.378 e. The SMILES string of the molecule is [B]C12COC[C@@H](C1)N2c1cncc(N2C(=O)C(C)(C)c3ccc(-c4cnc(C)nc4)cc32)n1. The Balaban J connectivity index is 1.43. The first-order chi connectivity index (χ1) is 15.8. The molecule has 3 aromatic rings. The summed E-state index contributed by atoms with van der Waals surface area (Å²) in [5, 5.41) is 0. The first-order valence-corrected chi connectivity index (χ1v) is 11.0. The van der Waals surface area contributed by atoms with Gasteiger partial charge in [-0.3, -0.25) is 14.7 Å². The number of aromatic nitrogens is 4. The maximum atomic E-state index is 13.6. The van der Waals surface area contributed by atoms with Crippen molar-refractivity contribution in [3.8, 4) is 11.1 Å². The molecule has 9 heteroatoms. The van der Waals surface area contributed by atoms with Crippen molar-refractivity contribution in [1.82, 2.24) is 19.9 Å². The standard InChI is InChI=1S/C24H23BN6O2/c1-14-27-8-16(9-28-14)15-4-5-18-19(6-15)30(22(32)23(18,2)3)20-10-26-11-21(29-20)31-17-7-24(31,25)13-33-12-17/h4-6,8-11,17H,7,12-13H2,1-3H3/t17-,24?/m1/s1. The molecule has 2 saturated heterocycles. The molecule has 6 rings (SSSR count). The van der Waals surface area contributed by atoms with Gasteiger partial charge in [0.1, 0.15) is 19.5 Å². The van der Waals surface area contributed by atoms with Gasteiger partial charge in [-0.05, 0) is 44.4 Å². The van der Waals surface area contributed by atoms with Crippen LogP contribution in [0.3, 0.4) is 0 Å². The van der Waals surface area contributed by atoms with Gasteiger partial charge >= 0.3 is 0 Å². The lowest BCUT2D eigenvalue weighted by atomic mass is 9.63. The van der Waals surface area contributed by atoms with Crippen molar-refractivity contribution in [2.45, 2.75) is 44.1 Å². The Morgan fingerprint density at radius 3 is 2.58 bits per heavy atom. The molecule has 2 radical (unpaired) electrons. The van der Waals surface area contributed by atoms with Gasteiger partial charge in [0.05, 0.1) is 42.8 Å². The minimum absolute atomic E-state index is 0.0455. The second-order valence-electron chi connectivity index (χ2n) is 9.60. The number of ether oxygens (including phenoxy) is 1. The third-order valence-corrected chi connectivity index (χ3v) is 6.95. The maximum Gasteiger partial charge on any atom is 0.242 e. The average molecular weight is 438 g/mol. The smallest absolute Gasteiger partial charge is 0.242 e. The predicted octanol–water partition coefficient (Wildman–Crippen LogP) is 2.67. The lowest BCUT2D eigenvalue weighted by Gasteiger charge is -2.61. The van der Waals surface area contributed by atoms with E-state index >= 15 is 0 Å². The van der Waals surface area contributed by atoms with Crippen LogP contribution in [0.4, 0.5) is 17.3 Å². The number of carbonyl (C=O) groups excluding carboxylic acids is 1. The van der Waals surface area contributed by atoms with Crippen molar-refractivity contribution in [3.05, 3.63) is 54.4 Å². The lowest BCUT2D eigenvalue weighted by Crippen LogP contribution is -2.74. The molecule has 0 saturated carbocycles. The molecule has 1 amide bonds. The Morgan fingerprint density at radius 2 is 1.85 bits per heavy atom. The van der Waals surface area contributed by atoms with Crippen molar-refractivity contribution in [3.63, 3.8) is 0 Å². The summed E-state index contributed by atoms with van der Waals surface area (Å²) >= 11 is 0. The van der Waals surface area contributed by atoms with Gasteiger partial charge in [0.15, 0.2) is 5.82 Å². The highest BCUT2D eigenvalue weighted by molar-refractivity contribution is 6.19. The number of fused-ring (bicyclic) bond motifs is 3. The zero-order valence-corrected chi connectivity index (χ0v) is 18.8. The van der Waals surface area contributed by atoms with Crippen molar-refractivity contribution in [1.29, 1.82) is 0 Å². The molecule has 33 heavy (non-hydrogen) atoms. The highest BCUT2D eigenvalue weighted by Crippen LogP contribution is 2.47. The summed E-state index contributed by atoms with van der Waals surface area (Å²) in [6, 6.07) is 6.19. The second kappa shape index (κ2) is 6.84. The van der Waals surface area contributed by atoms with Crippen LogP contribution < -0.4 is 9.80 Å². The molecular formula is C24H23BN6O2. The van der Waals surface area contributed by atoms with E-state index in [2.05, 4.69) is 19.9 Å². The quantitative estimate of drug-likeness (QED) is 0.582. The molecule has 2 bridgehead atoms. The summed E-state index contributed by atoms with van der Waals surface area (Å²) in [4.78, 5) is 35.2. The molecule has 2 fully saturated rings. The number of aryl methyl sites for hydroxylation is 1. The van der Waals surface area contributed by atoms with Crippen LogP contribution in [0.2, 0.25) is 0 Å². The topological polar surface area (TPSA) is 84.3 Å². The van der Waals surface area contributed by atoms with Gasteiger partial charge in [0.2, 0.25) is 5.91 Å². The number of amides is 1. The monoisotopic (exact) mass is 438 g/mol. The lowest BCUT2D eigenvalue weighted by molar-refractivity contribution is -0.121. The molecule has 2 aromatic heterocycles. The molecule has 0 N–H and O–H groups in total. The van der Waals surface area contributed by atoms with E-state index in [4.69, 9.17) is 17.6 Å². The van der Waals surface area contributed by atoms with Crippen LogP contribution in [0.5, 0.6) is 0 Å². The number of benzene rings is 1. The zero-order chi connectivity index (χ0) is 23.0. The summed E-state index contributed by atoms with van der Waals surface area (Å²) in [5.74, 6) is 1.81. The molecule has 3 aliphatic rings. The maximum absolute atomic E-state index is 13.6. The molecule has 5 heterocycles. The third kappa shape index (κ3) is 2.91. The van der Waals surface area contributed by atoms with Crippen LogP contribution in [-0.4, -0.2) is 58.4 Å². The summed E-state index contributed by atoms with van der Waals surface area (Å²) in [6.07, 6.45) is 7.78. The third-order valence-electron chi connectivity index (χ3n) is 6.95. The van der Waals surface area contributed by atoms with E-state index < -0.39 is 10.9 Å². The molecule has 2 atom stereocenters. The van der Waals surface area contributed by atoms with Gasteiger partial charge in [0.25, 0.3) is 0 Å². The van der Waals surface area contributed by atoms with Gasteiger partial charge in [-0.25, -0.2) is 15.0 Å². The van der Waals surface area contributed by atoms with Crippen LogP contribution in [0.15, 0.2) is 43.0 Å². The van der Waals surface area contributed by atoms with Crippen molar-refractivity contribution in [2.24, 2.45) is 0 Å². The van der Waals surface area contributed by atoms with E-state index in [1.54, 1.807) is 29.7 Å². The minimum atomic E-state index is -0.689. The first kappa shape index (κ1) is 20.3. The highest BCUT2D eigenvalue weighted by atomic mass is 16.5. The molecule has 0 spiro atoms. The summed E-state index contributed by atoms with van der Waals surface area (Å²) in [7, 11) is 6.51. The average Bonchev–Trinajstić information content (AvgIpc) is 2.99. The normalized spacial score (nSPS) is 25.1. The Labute approximate surface area is 193 Å². The van der Waals surface area contributed by atoms with Crippen LogP contribution in [0, 0.1) is 6.92 Å². The second-order valence-corrected chi connectivity index (χ2v) is 9.60. The van der Waals surface area contributed by atoms with E-state index in [0.29, 0.717) is 30.7 Å². The Bertz CT molecular complexity index is 1280. The van der Waals surface area contributed by atoms with E-state index in [9.17, 15) is 4.79 Å². The molecule has 164 valence electrons. The summed E-state index contributed by atoms with van der Waals surface area (Å²) in [6.45, 7) is 6.80. The predicted molar refractivity (Wildman–Crippen MR) is 125 cm³/mol. The van der Waals surface area contributed by atoms with E-state index in [0.717, 1.165) is 28.8 Å². The molecule has 1 aromatic carbocycles. The highest BCUT2D eigenvalue weighted by Gasteiger charge is 2.52. The fourth-order valence-corrected chi connectivity index (χ4v) is 5.17. The number of carbonyl (C=O) groups is 1. The van der Waals surface area contributed by atoms with Crippen molar-refractivity contribution in [2.75, 3.05) is 23.0 Å². The molecular weight excluding hydrogens is 415 g/mol. The van der Waals surface area contributed by atoms with E-state index in [1.165, 1.54) is 0 Å². The van der Waals surface area contributed by atoms with E-state index in [-0.39, 0.29) is 11.9 Å². The van der Waals surface area contributed by atoms with Crippen LogP contribution >= 0.6 is 0 Å². The Morgan fingerprint density at radius 1 is 1.09 bits per heavy atom. The largest absolute Gasteiger partial charge is 0.378 e. The number of rotatable bonds is 3. The fraction of sp³-hybridized carbons (Fsp3) is 0.375. The van der Waals surface area contributed by atoms with Gasteiger partial charge in [-0.1, -0.05) is 12.1 Å². The number of nitrogens with zero attached hydrogens (tertiary/aromatic N) is 6. The molecule has 0 aliphatic carbocycles. The van der Waals surface area contributed by atoms with Gasteiger partial charge in [-0.15, -0.1) is 0 Å². The van der Waals surface area contributed by atoms with Gasteiger partial charge in [0, 0.05) is 23.4 Å². The molecule has 3 aliphatic heterocycles. The number of morpholine rings is 1. The molecule has 1 unspecified atom stereocenters.